The smallest absolute Gasteiger partial charge is 0.270 e. The lowest BCUT2D eigenvalue weighted by Gasteiger charge is -2.08. The Bertz CT molecular complexity index is 647. The zero-order valence-corrected chi connectivity index (χ0v) is 12.4. The minimum absolute atomic E-state index is 0.00607. The third-order valence-corrected chi connectivity index (χ3v) is 3.19. The molecule has 2 rings (SSSR count). The van der Waals surface area contributed by atoms with Gasteiger partial charge in [-0.2, -0.15) is 0 Å². The van der Waals surface area contributed by atoms with E-state index in [0.717, 1.165) is 0 Å². The molecule has 2 aromatic rings. The lowest BCUT2D eigenvalue weighted by Crippen LogP contribution is -2.01. The van der Waals surface area contributed by atoms with Crippen LogP contribution in [0.3, 0.4) is 0 Å². The quantitative estimate of drug-likeness (QED) is 0.632. The highest BCUT2D eigenvalue weighted by Crippen LogP contribution is 2.23. The van der Waals surface area contributed by atoms with Crippen LogP contribution in [0.4, 0.5) is 15.8 Å². The SMILES string of the molecule is O=[N+]([O-])c1cc(Br)cc(CNc2cc(F)cc(Cl)c2)c1. The van der Waals surface area contributed by atoms with E-state index in [9.17, 15) is 14.5 Å². The highest BCUT2D eigenvalue weighted by molar-refractivity contribution is 9.10. The fourth-order valence-electron chi connectivity index (χ4n) is 1.70. The molecule has 0 amide bonds. The molecule has 4 nitrogen and oxygen atoms in total. The van der Waals surface area contributed by atoms with Gasteiger partial charge in [-0.15, -0.1) is 0 Å². The second-order valence-electron chi connectivity index (χ2n) is 4.09. The minimum Gasteiger partial charge on any atom is -0.381 e. The molecule has 104 valence electrons. The van der Waals surface area contributed by atoms with Gasteiger partial charge < -0.3 is 5.32 Å². The van der Waals surface area contributed by atoms with Crippen LogP contribution in [0.2, 0.25) is 5.02 Å². The van der Waals surface area contributed by atoms with Gasteiger partial charge in [-0.1, -0.05) is 27.5 Å². The van der Waals surface area contributed by atoms with Crippen LogP contribution < -0.4 is 5.32 Å². The monoisotopic (exact) mass is 358 g/mol. The van der Waals surface area contributed by atoms with Crippen LogP contribution in [-0.4, -0.2) is 4.92 Å². The number of benzene rings is 2. The maximum absolute atomic E-state index is 13.2. The number of rotatable bonds is 4. The highest BCUT2D eigenvalue weighted by Gasteiger charge is 2.08. The number of anilines is 1. The van der Waals surface area contributed by atoms with Crippen molar-refractivity contribution in [2.75, 3.05) is 5.32 Å². The third-order valence-electron chi connectivity index (χ3n) is 2.51. The van der Waals surface area contributed by atoms with Crippen molar-refractivity contribution in [3.8, 4) is 0 Å². The molecule has 0 bridgehead atoms. The number of nitrogens with one attached hydrogen (secondary N) is 1. The Morgan fingerprint density at radius 2 is 2.00 bits per heavy atom. The molecule has 0 aromatic heterocycles. The zero-order chi connectivity index (χ0) is 14.7. The maximum Gasteiger partial charge on any atom is 0.270 e. The molecule has 0 unspecified atom stereocenters. The van der Waals surface area contributed by atoms with Gasteiger partial charge in [-0.25, -0.2) is 4.39 Å². The summed E-state index contributed by atoms with van der Waals surface area (Å²) in [4.78, 5) is 10.3. The first-order valence-corrected chi connectivity index (χ1v) is 6.75. The maximum atomic E-state index is 13.2. The summed E-state index contributed by atoms with van der Waals surface area (Å²) in [6, 6.07) is 8.72. The molecule has 0 atom stereocenters. The topological polar surface area (TPSA) is 55.2 Å². The summed E-state index contributed by atoms with van der Waals surface area (Å²) in [5.41, 5.74) is 1.21. The molecule has 0 fully saturated rings. The molecule has 0 saturated carbocycles. The fraction of sp³-hybridized carbons (Fsp3) is 0.0769. The minimum atomic E-state index is -0.465. The van der Waals surface area contributed by atoms with Gasteiger partial charge in [0, 0.05) is 33.9 Å². The number of hydrogen-bond acceptors (Lipinski definition) is 3. The number of nitro benzene ring substituents is 1. The van der Waals surface area contributed by atoms with Crippen LogP contribution in [-0.2, 0) is 6.54 Å². The molecule has 1 N–H and O–H groups in total. The molecule has 0 aliphatic carbocycles. The van der Waals surface area contributed by atoms with Gasteiger partial charge in [0.1, 0.15) is 5.82 Å². The van der Waals surface area contributed by atoms with Crippen LogP contribution in [0.25, 0.3) is 0 Å². The number of nitrogens with zero attached hydrogens (tertiary/aromatic N) is 1. The van der Waals surface area contributed by atoms with E-state index in [2.05, 4.69) is 21.2 Å². The number of nitro groups is 1. The van der Waals surface area contributed by atoms with Gasteiger partial charge in [0.25, 0.3) is 5.69 Å². The van der Waals surface area contributed by atoms with Crippen molar-refractivity contribution in [2.45, 2.75) is 6.54 Å². The molecule has 2 aromatic carbocycles. The highest BCUT2D eigenvalue weighted by atomic mass is 79.9. The van der Waals surface area contributed by atoms with Crippen LogP contribution in [0.1, 0.15) is 5.56 Å². The van der Waals surface area contributed by atoms with E-state index in [1.54, 1.807) is 12.1 Å². The standard InChI is InChI=1S/C13H9BrClFN2O2/c14-9-1-8(2-13(3-9)18(19)20)7-17-12-5-10(15)4-11(16)6-12/h1-6,17H,7H2. The average molecular weight is 360 g/mol. The van der Waals surface area contributed by atoms with E-state index < -0.39 is 10.7 Å². The van der Waals surface area contributed by atoms with Crippen LogP contribution in [0, 0.1) is 15.9 Å². The van der Waals surface area contributed by atoms with E-state index in [4.69, 9.17) is 11.6 Å². The Morgan fingerprint density at radius 1 is 1.25 bits per heavy atom. The lowest BCUT2D eigenvalue weighted by molar-refractivity contribution is -0.385. The second kappa shape index (κ2) is 6.19. The number of halogens is 3. The van der Waals surface area contributed by atoms with Gasteiger partial charge in [-0.05, 0) is 29.8 Å². The van der Waals surface area contributed by atoms with E-state index >= 15 is 0 Å². The molecule has 0 saturated heterocycles. The predicted octanol–water partition coefficient (Wildman–Crippen LogP) is 4.76. The van der Waals surface area contributed by atoms with Gasteiger partial charge >= 0.3 is 0 Å². The predicted molar refractivity (Wildman–Crippen MR) is 79.5 cm³/mol. The molecule has 0 spiro atoms. The van der Waals surface area contributed by atoms with E-state index in [-0.39, 0.29) is 10.7 Å². The summed E-state index contributed by atoms with van der Waals surface area (Å²) in [5.74, 6) is -0.444. The molecular weight excluding hydrogens is 351 g/mol. The Balaban J connectivity index is 2.16. The summed E-state index contributed by atoms with van der Waals surface area (Å²) < 4.78 is 13.8. The normalized spacial score (nSPS) is 10.3. The van der Waals surface area contributed by atoms with Crippen molar-refractivity contribution in [1.82, 2.24) is 0 Å². The fourth-order valence-corrected chi connectivity index (χ4v) is 2.45. The van der Waals surface area contributed by atoms with Gasteiger partial charge in [0.05, 0.1) is 4.92 Å². The van der Waals surface area contributed by atoms with Crippen LogP contribution >= 0.6 is 27.5 Å². The van der Waals surface area contributed by atoms with Gasteiger partial charge in [0.2, 0.25) is 0 Å². The summed E-state index contributed by atoms with van der Waals surface area (Å²) in [5, 5.41) is 14.0. The van der Waals surface area contributed by atoms with Crippen LogP contribution in [0.5, 0.6) is 0 Å². The molecule has 0 radical (unpaired) electrons. The molecule has 20 heavy (non-hydrogen) atoms. The summed E-state index contributed by atoms with van der Waals surface area (Å²) >= 11 is 8.96. The Hall–Kier alpha value is -1.66. The van der Waals surface area contributed by atoms with Gasteiger partial charge in [0.15, 0.2) is 0 Å². The van der Waals surface area contributed by atoms with E-state index in [1.807, 2.05) is 0 Å². The lowest BCUT2D eigenvalue weighted by atomic mass is 10.2. The zero-order valence-electron chi connectivity index (χ0n) is 10.1. The second-order valence-corrected chi connectivity index (χ2v) is 5.44. The van der Waals surface area contributed by atoms with Crippen molar-refractivity contribution in [3.63, 3.8) is 0 Å². The Morgan fingerprint density at radius 3 is 2.65 bits per heavy atom. The van der Waals surface area contributed by atoms with Crippen molar-refractivity contribution in [2.24, 2.45) is 0 Å². The number of hydrogen-bond donors (Lipinski definition) is 1. The van der Waals surface area contributed by atoms with Crippen molar-refractivity contribution in [3.05, 3.63) is 67.4 Å². The van der Waals surface area contributed by atoms with Crippen LogP contribution in [0.15, 0.2) is 40.9 Å². The Labute approximate surface area is 127 Å². The molecular formula is C13H9BrClFN2O2. The molecule has 0 heterocycles. The average Bonchev–Trinajstić information content (AvgIpc) is 2.34. The first-order valence-electron chi connectivity index (χ1n) is 5.58. The largest absolute Gasteiger partial charge is 0.381 e. The molecule has 0 aliphatic heterocycles. The van der Waals surface area contributed by atoms with E-state index in [0.29, 0.717) is 22.3 Å². The summed E-state index contributed by atoms with van der Waals surface area (Å²) in [6.07, 6.45) is 0. The molecule has 7 heteroatoms. The van der Waals surface area contributed by atoms with Gasteiger partial charge in [-0.3, -0.25) is 10.1 Å². The third kappa shape index (κ3) is 3.91. The summed E-state index contributed by atoms with van der Waals surface area (Å²) in [7, 11) is 0. The Kier molecular flexibility index (Phi) is 4.57. The summed E-state index contributed by atoms with van der Waals surface area (Å²) in [6.45, 7) is 0.320. The molecule has 0 aliphatic rings. The van der Waals surface area contributed by atoms with Crippen molar-refractivity contribution in [1.29, 1.82) is 0 Å². The first kappa shape index (κ1) is 14.7. The van der Waals surface area contributed by atoms with E-state index in [1.165, 1.54) is 24.3 Å². The number of non-ortho nitro benzene ring substituents is 1. The first-order chi connectivity index (χ1) is 9.44. The van der Waals surface area contributed by atoms with Crippen molar-refractivity contribution >= 4 is 38.9 Å². The van der Waals surface area contributed by atoms with Crippen molar-refractivity contribution < 1.29 is 9.31 Å².